The molecular formula is C11H15N7. The molecule has 3 rings (SSSR count). The summed E-state index contributed by atoms with van der Waals surface area (Å²) in [5, 5.41) is 18.2. The monoisotopic (exact) mass is 245 g/mol. The molecule has 0 amide bonds. The van der Waals surface area contributed by atoms with Crippen LogP contribution in [0.2, 0.25) is 0 Å². The Hall–Kier alpha value is -2.02. The molecule has 0 aromatic carbocycles. The van der Waals surface area contributed by atoms with E-state index in [-0.39, 0.29) is 0 Å². The summed E-state index contributed by atoms with van der Waals surface area (Å²) < 4.78 is 0. The van der Waals surface area contributed by atoms with Crippen LogP contribution in [-0.2, 0) is 0 Å². The van der Waals surface area contributed by atoms with E-state index in [9.17, 15) is 0 Å². The molecule has 2 aromatic rings. The van der Waals surface area contributed by atoms with Crippen molar-refractivity contribution in [2.75, 3.05) is 31.1 Å². The zero-order valence-corrected chi connectivity index (χ0v) is 10.0. The summed E-state index contributed by atoms with van der Waals surface area (Å²) >= 11 is 0. The van der Waals surface area contributed by atoms with Crippen molar-refractivity contribution in [1.29, 1.82) is 0 Å². The minimum absolute atomic E-state index is 0.733. The first-order valence-corrected chi connectivity index (χ1v) is 6.08. The van der Waals surface area contributed by atoms with Gasteiger partial charge in [0.05, 0.1) is 12.4 Å². The minimum Gasteiger partial charge on any atom is -0.338 e. The maximum atomic E-state index is 4.51. The summed E-state index contributed by atoms with van der Waals surface area (Å²) in [4.78, 5) is 6.70. The van der Waals surface area contributed by atoms with Crippen molar-refractivity contribution >= 4 is 5.95 Å². The lowest BCUT2D eigenvalue weighted by Gasteiger charge is -2.16. The van der Waals surface area contributed by atoms with Crippen LogP contribution in [0.1, 0.15) is 6.42 Å². The second-order valence-corrected chi connectivity index (χ2v) is 4.21. The largest absolute Gasteiger partial charge is 0.338 e. The molecule has 1 fully saturated rings. The Labute approximate surface area is 105 Å². The quantitative estimate of drug-likeness (QED) is 0.778. The smallest absolute Gasteiger partial charge is 0.245 e. The summed E-state index contributed by atoms with van der Waals surface area (Å²) in [5.41, 5.74) is 0.900. The number of rotatable bonds is 2. The summed E-state index contributed by atoms with van der Waals surface area (Å²) in [5.74, 6) is 1.49. The molecule has 7 heteroatoms. The molecule has 0 bridgehead atoms. The maximum absolute atomic E-state index is 4.51. The van der Waals surface area contributed by atoms with Gasteiger partial charge in [-0.2, -0.15) is 15.2 Å². The summed E-state index contributed by atoms with van der Waals surface area (Å²) in [6, 6.07) is 1.86. The third-order valence-corrected chi connectivity index (χ3v) is 2.95. The molecule has 0 unspecified atom stereocenters. The molecule has 2 N–H and O–H groups in total. The molecule has 0 saturated carbocycles. The van der Waals surface area contributed by atoms with Gasteiger partial charge in [0, 0.05) is 25.2 Å². The predicted molar refractivity (Wildman–Crippen MR) is 67.1 cm³/mol. The molecular weight excluding hydrogens is 230 g/mol. The highest BCUT2D eigenvalue weighted by molar-refractivity contribution is 5.54. The standard InChI is InChI=1S/C11H15N7/c1-3-12-5-7-18(6-1)11-15-10(16-17-11)9-2-4-13-14-8-9/h2,4,8,12H,1,3,5-7H2,(H,15,16,17). The fourth-order valence-electron chi connectivity index (χ4n) is 2.00. The number of nitrogens with zero attached hydrogens (tertiary/aromatic N) is 5. The molecule has 18 heavy (non-hydrogen) atoms. The Bertz CT molecular complexity index is 487. The van der Waals surface area contributed by atoms with Gasteiger partial charge >= 0.3 is 0 Å². The van der Waals surface area contributed by atoms with Gasteiger partial charge in [-0.25, -0.2) is 0 Å². The number of H-pyrrole nitrogens is 1. The highest BCUT2D eigenvalue weighted by Gasteiger charge is 2.14. The number of nitrogens with one attached hydrogen (secondary N) is 2. The molecule has 0 radical (unpaired) electrons. The average molecular weight is 245 g/mol. The van der Waals surface area contributed by atoms with E-state index in [0.717, 1.165) is 49.9 Å². The van der Waals surface area contributed by atoms with Crippen LogP contribution in [0.3, 0.4) is 0 Å². The Morgan fingerprint density at radius 3 is 3.06 bits per heavy atom. The van der Waals surface area contributed by atoms with Gasteiger partial charge in [0.15, 0.2) is 5.82 Å². The van der Waals surface area contributed by atoms with Gasteiger partial charge in [-0.3, -0.25) is 5.10 Å². The van der Waals surface area contributed by atoms with E-state index < -0.39 is 0 Å². The van der Waals surface area contributed by atoms with Crippen molar-refractivity contribution in [3.63, 3.8) is 0 Å². The van der Waals surface area contributed by atoms with E-state index in [1.165, 1.54) is 0 Å². The lowest BCUT2D eigenvalue weighted by molar-refractivity contribution is 0.724. The summed E-state index contributed by atoms with van der Waals surface area (Å²) in [7, 11) is 0. The topological polar surface area (TPSA) is 82.6 Å². The molecule has 94 valence electrons. The van der Waals surface area contributed by atoms with Gasteiger partial charge in [0.2, 0.25) is 5.95 Å². The number of hydrogen-bond donors (Lipinski definition) is 2. The molecule has 0 spiro atoms. The Morgan fingerprint density at radius 1 is 1.17 bits per heavy atom. The van der Waals surface area contributed by atoms with Crippen molar-refractivity contribution < 1.29 is 0 Å². The van der Waals surface area contributed by atoms with E-state index in [2.05, 4.69) is 35.6 Å². The summed E-state index contributed by atoms with van der Waals surface area (Å²) in [6.45, 7) is 3.95. The lowest BCUT2D eigenvalue weighted by Crippen LogP contribution is -2.28. The molecule has 3 heterocycles. The Kier molecular flexibility index (Phi) is 3.14. The molecule has 7 nitrogen and oxygen atoms in total. The van der Waals surface area contributed by atoms with Gasteiger partial charge in [0.25, 0.3) is 0 Å². The number of anilines is 1. The van der Waals surface area contributed by atoms with E-state index in [4.69, 9.17) is 0 Å². The van der Waals surface area contributed by atoms with E-state index >= 15 is 0 Å². The molecule has 1 saturated heterocycles. The van der Waals surface area contributed by atoms with Crippen LogP contribution in [0, 0.1) is 0 Å². The van der Waals surface area contributed by atoms with Crippen molar-refractivity contribution in [3.05, 3.63) is 18.5 Å². The molecule has 1 aliphatic heterocycles. The second-order valence-electron chi connectivity index (χ2n) is 4.21. The minimum atomic E-state index is 0.733. The first-order valence-electron chi connectivity index (χ1n) is 6.08. The van der Waals surface area contributed by atoms with Crippen LogP contribution in [-0.4, -0.2) is 51.6 Å². The Balaban J connectivity index is 1.80. The number of aromatic amines is 1. The van der Waals surface area contributed by atoms with Crippen molar-refractivity contribution in [3.8, 4) is 11.4 Å². The van der Waals surface area contributed by atoms with E-state index in [1.807, 2.05) is 6.07 Å². The first-order chi connectivity index (χ1) is 8.93. The first kappa shape index (κ1) is 11.1. The molecule has 1 aliphatic rings. The van der Waals surface area contributed by atoms with Crippen LogP contribution in [0.15, 0.2) is 18.5 Å². The van der Waals surface area contributed by atoms with Crippen LogP contribution in [0.25, 0.3) is 11.4 Å². The molecule has 0 atom stereocenters. The van der Waals surface area contributed by atoms with E-state index in [0.29, 0.717) is 0 Å². The third-order valence-electron chi connectivity index (χ3n) is 2.95. The van der Waals surface area contributed by atoms with Crippen molar-refractivity contribution in [2.24, 2.45) is 0 Å². The van der Waals surface area contributed by atoms with Crippen LogP contribution in [0.4, 0.5) is 5.95 Å². The third kappa shape index (κ3) is 2.30. The van der Waals surface area contributed by atoms with Gasteiger partial charge in [0.1, 0.15) is 0 Å². The average Bonchev–Trinajstić information content (AvgIpc) is 2.76. The van der Waals surface area contributed by atoms with Gasteiger partial charge in [-0.1, -0.05) is 0 Å². The fraction of sp³-hybridized carbons (Fsp3) is 0.455. The maximum Gasteiger partial charge on any atom is 0.245 e. The molecule has 0 aliphatic carbocycles. The van der Waals surface area contributed by atoms with E-state index in [1.54, 1.807) is 12.4 Å². The van der Waals surface area contributed by atoms with Crippen LogP contribution in [0.5, 0.6) is 0 Å². The SMILES string of the molecule is c1cc(-c2nc(N3CCCNCC3)n[nH]2)cnn1. The second kappa shape index (κ2) is 5.09. The van der Waals surface area contributed by atoms with Crippen LogP contribution < -0.4 is 10.2 Å². The van der Waals surface area contributed by atoms with Gasteiger partial charge in [-0.15, -0.1) is 5.10 Å². The molecule has 2 aromatic heterocycles. The van der Waals surface area contributed by atoms with Gasteiger partial charge < -0.3 is 10.2 Å². The highest BCUT2D eigenvalue weighted by Crippen LogP contribution is 2.16. The van der Waals surface area contributed by atoms with Crippen LogP contribution >= 0.6 is 0 Å². The van der Waals surface area contributed by atoms with Crippen molar-refractivity contribution in [2.45, 2.75) is 6.42 Å². The number of hydrogen-bond acceptors (Lipinski definition) is 6. The normalized spacial score (nSPS) is 16.6. The zero-order valence-electron chi connectivity index (χ0n) is 10.0. The predicted octanol–water partition coefficient (Wildman–Crippen LogP) is 0.0614. The Morgan fingerprint density at radius 2 is 2.17 bits per heavy atom. The summed E-state index contributed by atoms with van der Waals surface area (Å²) in [6.07, 6.45) is 4.43. The number of aromatic nitrogens is 5. The highest BCUT2D eigenvalue weighted by atomic mass is 15.4. The fourth-order valence-corrected chi connectivity index (χ4v) is 2.00. The van der Waals surface area contributed by atoms with Crippen molar-refractivity contribution in [1.82, 2.24) is 30.7 Å². The zero-order chi connectivity index (χ0) is 12.2. The van der Waals surface area contributed by atoms with Gasteiger partial charge in [-0.05, 0) is 19.0 Å². The lowest BCUT2D eigenvalue weighted by atomic mass is 10.3.